The van der Waals surface area contributed by atoms with Crippen LogP contribution in [0.25, 0.3) is 0 Å². The van der Waals surface area contributed by atoms with Crippen LogP contribution in [0.15, 0.2) is 34.9 Å². The summed E-state index contributed by atoms with van der Waals surface area (Å²) in [5, 5.41) is 16.8. The number of nitrogens with zero attached hydrogens (tertiary/aromatic N) is 4. The zero-order valence-corrected chi connectivity index (χ0v) is 24.3. The smallest absolute Gasteiger partial charge is 0.407 e. The molecule has 0 radical (unpaired) electrons. The van der Waals surface area contributed by atoms with E-state index in [-0.39, 0.29) is 12.1 Å². The Balaban J connectivity index is 1.09. The number of hydrogen-bond donors (Lipinski definition) is 1. The van der Waals surface area contributed by atoms with E-state index in [1.54, 1.807) is 6.07 Å². The van der Waals surface area contributed by atoms with Gasteiger partial charge in [0.15, 0.2) is 11.6 Å². The number of carbonyl (C=O) groups excluding carboxylic acids is 1. The molecule has 1 N–H and O–H groups in total. The molecule has 0 unspecified atom stereocenters. The van der Waals surface area contributed by atoms with Crippen molar-refractivity contribution in [2.45, 2.75) is 95.5 Å². The van der Waals surface area contributed by atoms with Crippen LogP contribution < -0.4 is 10.1 Å². The second kappa shape index (κ2) is 12.2. The van der Waals surface area contributed by atoms with Crippen LogP contribution in [0, 0.1) is 0 Å². The molecule has 0 bridgehead atoms. The number of benzene rings is 1. The second-order valence-electron chi connectivity index (χ2n) is 11.7. The van der Waals surface area contributed by atoms with Crippen molar-refractivity contribution in [1.29, 1.82) is 0 Å². The van der Waals surface area contributed by atoms with Crippen LogP contribution in [0.3, 0.4) is 0 Å². The Bertz CT molecular complexity index is 1290. The van der Waals surface area contributed by atoms with Gasteiger partial charge in [0.05, 0.1) is 18.3 Å². The molecule has 2 fully saturated rings. The van der Waals surface area contributed by atoms with Crippen molar-refractivity contribution in [3.63, 3.8) is 0 Å². The fourth-order valence-electron chi connectivity index (χ4n) is 5.42. The molecule has 11 heteroatoms. The van der Waals surface area contributed by atoms with Crippen LogP contribution in [0.5, 0.6) is 5.75 Å². The third-order valence-electron chi connectivity index (χ3n) is 7.53. The summed E-state index contributed by atoms with van der Waals surface area (Å²) in [7, 11) is 2.00. The summed E-state index contributed by atoms with van der Waals surface area (Å²) in [4.78, 5) is 12.0. The highest BCUT2D eigenvalue weighted by molar-refractivity contribution is 6.30. The summed E-state index contributed by atoms with van der Waals surface area (Å²) in [6, 6.07) is 9.31. The first-order chi connectivity index (χ1) is 19.1. The molecule has 10 nitrogen and oxygen atoms in total. The van der Waals surface area contributed by atoms with E-state index in [9.17, 15) is 4.79 Å². The van der Waals surface area contributed by atoms with Crippen molar-refractivity contribution < 1.29 is 23.5 Å². The Hall–Kier alpha value is -3.11. The van der Waals surface area contributed by atoms with Gasteiger partial charge >= 0.3 is 6.09 Å². The van der Waals surface area contributed by atoms with E-state index < -0.39 is 11.7 Å². The van der Waals surface area contributed by atoms with Crippen molar-refractivity contribution in [3.8, 4) is 5.75 Å². The van der Waals surface area contributed by atoms with E-state index in [0.717, 1.165) is 61.6 Å². The molecule has 40 heavy (non-hydrogen) atoms. The molecule has 1 aliphatic carbocycles. The quantitative estimate of drug-likeness (QED) is 0.355. The van der Waals surface area contributed by atoms with E-state index in [1.165, 1.54) is 0 Å². The first-order valence-electron chi connectivity index (χ1n) is 14.0. The lowest BCUT2D eigenvalue weighted by Crippen LogP contribution is -2.43. The molecule has 1 amide bonds. The Kier molecular flexibility index (Phi) is 8.65. The number of ether oxygens (including phenoxy) is 3. The zero-order valence-electron chi connectivity index (χ0n) is 23.6. The fourth-order valence-corrected chi connectivity index (χ4v) is 5.60. The Morgan fingerprint density at radius 3 is 2.58 bits per heavy atom. The highest BCUT2D eigenvalue weighted by Crippen LogP contribution is 2.40. The van der Waals surface area contributed by atoms with Gasteiger partial charge in [0, 0.05) is 30.0 Å². The highest BCUT2D eigenvalue weighted by Gasteiger charge is 2.32. The number of alkyl carbamates (subject to hydrolysis) is 1. The molecule has 1 aromatic carbocycles. The topological polar surface area (TPSA) is 114 Å². The van der Waals surface area contributed by atoms with Gasteiger partial charge in [0.25, 0.3) is 0 Å². The maximum absolute atomic E-state index is 12.0. The van der Waals surface area contributed by atoms with Gasteiger partial charge in [-0.15, -0.1) is 10.2 Å². The zero-order chi connectivity index (χ0) is 28.3. The monoisotopic (exact) mass is 571 g/mol. The molecule has 3 aromatic rings. The minimum Gasteiger partial charge on any atom is -0.486 e. The van der Waals surface area contributed by atoms with Crippen LogP contribution in [0.1, 0.15) is 100 Å². The van der Waals surface area contributed by atoms with Crippen LogP contribution in [0.4, 0.5) is 4.79 Å². The molecule has 1 aliphatic heterocycles. The molecule has 1 saturated heterocycles. The van der Waals surface area contributed by atoms with Gasteiger partial charge in [0.1, 0.15) is 29.9 Å². The predicted molar refractivity (Wildman–Crippen MR) is 148 cm³/mol. The normalized spacial score (nSPS) is 23.5. The number of aromatic nitrogens is 4. The number of amides is 1. The lowest BCUT2D eigenvalue weighted by atomic mass is 9.80. The maximum atomic E-state index is 12.0. The molecule has 5 rings (SSSR count). The molecule has 2 aliphatic rings. The number of carbonyl (C=O) groups is 1. The minimum atomic E-state index is -0.526. The third kappa shape index (κ3) is 7.14. The van der Waals surface area contributed by atoms with Crippen LogP contribution in [-0.4, -0.2) is 44.3 Å². The predicted octanol–water partition coefficient (Wildman–Crippen LogP) is 6.22. The van der Waals surface area contributed by atoms with E-state index in [1.807, 2.05) is 52.1 Å². The minimum absolute atomic E-state index is 0.0757. The van der Waals surface area contributed by atoms with Crippen molar-refractivity contribution in [3.05, 3.63) is 58.5 Å². The molecule has 2 aromatic heterocycles. The molecule has 2 atom stereocenters. The van der Waals surface area contributed by atoms with Crippen LogP contribution in [0.2, 0.25) is 5.02 Å². The summed E-state index contributed by atoms with van der Waals surface area (Å²) in [5.41, 5.74) is 0.460. The van der Waals surface area contributed by atoms with E-state index in [0.29, 0.717) is 35.8 Å². The van der Waals surface area contributed by atoms with Gasteiger partial charge < -0.3 is 28.6 Å². The van der Waals surface area contributed by atoms with Gasteiger partial charge in [-0.2, -0.15) is 0 Å². The van der Waals surface area contributed by atoms with Gasteiger partial charge in [-0.25, -0.2) is 4.79 Å². The SMILES string of the molecule is Cn1c(COc2cccc(Cl)c2)nnc1C1CCC(c2cc([C@@H]3CC[C@@H](NC(=O)OC(C)(C)C)CO3)on2)CC1. The van der Waals surface area contributed by atoms with Gasteiger partial charge in [-0.3, -0.25) is 0 Å². The third-order valence-corrected chi connectivity index (χ3v) is 7.77. The molecule has 216 valence electrons. The van der Waals surface area contributed by atoms with Crippen molar-refractivity contribution in [2.24, 2.45) is 7.05 Å². The molecule has 0 spiro atoms. The Morgan fingerprint density at radius 2 is 1.88 bits per heavy atom. The summed E-state index contributed by atoms with van der Waals surface area (Å²) in [6.45, 7) is 6.29. The average molecular weight is 572 g/mol. The Morgan fingerprint density at radius 1 is 1.10 bits per heavy atom. The second-order valence-corrected chi connectivity index (χ2v) is 12.2. The molecule has 1 saturated carbocycles. The van der Waals surface area contributed by atoms with Gasteiger partial charge in [-0.1, -0.05) is 22.8 Å². The largest absolute Gasteiger partial charge is 0.486 e. The van der Waals surface area contributed by atoms with Crippen molar-refractivity contribution in [2.75, 3.05) is 6.61 Å². The fraction of sp³-hybridized carbons (Fsp3) is 0.586. The highest BCUT2D eigenvalue weighted by atomic mass is 35.5. The number of hydrogen-bond acceptors (Lipinski definition) is 8. The number of nitrogens with one attached hydrogen (secondary N) is 1. The average Bonchev–Trinajstić information content (AvgIpc) is 3.54. The number of rotatable bonds is 7. The molecule has 3 heterocycles. The Labute approximate surface area is 239 Å². The first kappa shape index (κ1) is 28.4. The summed E-state index contributed by atoms with van der Waals surface area (Å²) in [5.74, 6) is 3.93. The summed E-state index contributed by atoms with van der Waals surface area (Å²) < 4.78 is 25.0. The first-order valence-corrected chi connectivity index (χ1v) is 14.4. The van der Waals surface area contributed by atoms with Gasteiger partial charge in [0.2, 0.25) is 0 Å². The van der Waals surface area contributed by atoms with E-state index in [4.69, 9.17) is 30.3 Å². The van der Waals surface area contributed by atoms with Gasteiger partial charge in [-0.05, 0) is 77.5 Å². The summed E-state index contributed by atoms with van der Waals surface area (Å²) >= 11 is 6.05. The number of halogens is 1. The van der Waals surface area contributed by atoms with E-state index in [2.05, 4.69) is 25.2 Å². The summed E-state index contributed by atoms with van der Waals surface area (Å²) in [6.07, 6.45) is 4.99. The molecular weight excluding hydrogens is 534 g/mol. The van der Waals surface area contributed by atoms with Crippen molar-refractivity contribution >= 4 is 17.7 Å². The standard InChI is InChI=1S/C29H38ClN5O5/c1-29(2,3)39-28(36)31-21-12-13-24(38-16-21)25-15-23(34-40-25)18-8-10-19(11-9-18)27-33-32-26(35(27)4)17-37-22-7-5-6-20(30)14-22/h5-7,14-15,18-19,21,24H,8-13,16-17H2,1-4H3,(H,31,36)/t18?,19?,21-,24+/m1/s1. The van der Waals surface area contributed by atoms with Crippen LogP contribution >= 0.6 is 11.6 Å². The van der Waals surface area contributed by atoms with Crippen molar-refractivity contribution in [1.82, 2.24) is 25.2 Å². The lowest BCUT2D eigenvalue weighted by Gasteiger charge is -2.29. The van der Waals surface area contributed by atoms with Crippen LogP contribution in [-0.2, 0) is 23.1 Å². The molecular formula is C29H38ClN5O5. The maximum Gasteiger partial charge on any atom is 0.407 e. The van der Waals surface area contributed by atoms with E-state index >= 15 is 0 Å². The lowest BCUT2D eigenvalue weighted by molar-refractivity contribution is -0.0216.